The molecule has 1 aliphatic rings. The monoisotopic (exact) mass is 514 g/mol. The van der Waals surface area contributed by atoms with Gasteiger partial charge in [-0.15, -0.1) is 0 Å². The Morgan fingerprint density at radius 1 is 0.838 bits per heavy atom. The minimum atomic E-state index is -3.77. The first-order valence-corrected chi connectivity index (χ1v) is 13.5. The largest absolute Gasteiger partial charge is 0.489 e. The summed E-state index contributed by atoms with van der Waals surface area (Å²) in [6.45, 7) is 0.311. The fraction of sp³-hybridized carbons (Fsp3) is 0.138. The van der Waals surface area contributed by atoms with Gasteiger partial charge in [0.05, 0.1) is 18.0 Å². The summed E-state index contributed by atoms with van der Waals surface area (Å²) in [7, 11) is -3.77. The Hall–Kier alpha value is -4.30. The van der Waals surface area contributed by atoms with Gasteiger partial charge in [-0.2, -0.15) is 0 Å². The van der Waals surface area contributed by atoms with Crippen LogP contribution in [0.15, 0.2) is 109 Å². The van der Waals surface area contributed by atoms with Crippen molar-refractivity contribution < 1.29 is 22.7 Å². The number of para-hydroxylation sites is 2. The van der Waals surface area contributed by atoms with Crippen LogP contribution in [0.5, 0.6) is 11.5 Å². The van der Waals surface area contributed by atoms with Crippen molar-refractivity contribution in [3.05, 3.63) is 120 Å². The molecule has 0 aromatic heterocycles. The standard InChI is InChI=1S/C29H26N2O5S/c32-29(30-24-15-17-25(18-16-24)35-20-22-9-3-1-4-10-22)28-19-31(26-13-7-8-14-27(26)36-28)37(33,34)21-23-11-5-2-6-12-23/h1-18,28H,19-21H2,(H,30,32)/t28-/m0/s1. The number of nitrogens with zero attached hydrogens (tertiary/aromatic N) is 1. The van der Waals surface area contributed by atoms with E-state index < -0.39 is 22.0 Å². The van der Waals surface area contributed by atoms with Crippen LogP contribution in [-0.4, -0.2) is 27.0 Å². The Labute approximate surface area is 216 Å². The van der Waals surface area contributed by atoms with E-state index in [1.165, 1.54) is 4.31 Å². The SMILES string of the molecule is O=C(Nc1ccc(OCc2ccccc2)cc1)[C@@H]1CN(S(=O)(=O)Cc2ccccc2)c2ccccc2O1. The van der Waals surface area contributed by atoms with Gasteiger partial charge in [-0.25, -0.2) is 8.42 Å². The third-order valence-electron chi connectivity index (χ3n) is 5.93. The van der Waals surface area contributed by atoms with Crippen molar-refractivity contribution in [2.75, 3.05) is 16.2 Å². The summed E-state index contributed by atoms with van der Waals surface area (Å²) < 4.78 is 39.7. The minimum Gasteiger partial charge on any atom is -0.489 e. The molecule has 1 atom stereocenters. The highest BCUT2D eigenvalue weighted by atomic mass is 32.2. The van der Waals surface area contributed by atoms with E-state index in [9.17, 15) is 13.2 Å². The molecule has 0 bridgehead atoms. The number of carbonyl (C=O) groups excluding carboxylic acids is 1. The van der Waals surface area contributed by atoms with Gasteiger partial charge in [0, 0.05) is 5.69 Å². The molecular formula is C29H26N2O5S. The maximum absolute atomic E-state index is 13.4. The van der Waals surface area contributed by atoms with Crippen LogP contribution in [0.25, 0.3) is 0 Å². The summed E-state index contributed by atoms with van der Waals surface area (Å²) in [4.78, 5) is 13.1. The molecule has 7 nitrogen and oxygen atoms in total. The topological polar surface area (TPSA) is 84.9 Å². The second-order valence-electron chi connectivity index (χ2n) is 8.64. The number of sulfonamides is 1. The second kappa shape index (κ2) is 10.8. The highest BCUT2D eigenvalue weighted by Gasteiger charge is 2.36. The molecule has 8 heteroatoms. The quantitative estimate of drug-likeness (QED) is 0.358. The molecule has 0 aliphatic carbocycles. The molecule has 1 amide bonds. The lowest BCUT2D eigenvalue weighted by Crippen LogP contribution is -2.49. The highest BCUT2D eigenvalue weighted by Crippen LogP contribution is 2.36. The number of fused-ring (bicyclic) bond motifs is 1. The van der Waals surface area contributed by atoms with Crippen LogP contribution >= 0.6 is 0 Å². The molecule has 0 saturated carbocycles. The molecule has 4 aromatic carbocycles. The predicted molar refractivity (Wildman–Crippen MR) is 143 cm³/mol. The van der Waals surface area contributed by atoms with Crippen LogP contribution in [0.2, 0.25) is 0 Å². The van der Waals surface area contributed by atoms with Crippen LogP contribution < -0.4 is 19.1 Å². The van der Waals surface area contributed by atoms with Crippen LogP contribution in [0, 0.1) is 0 Å². The van der Waals surface area contributed by atoms with E-state index in [4.69, 9.17) is 9.47 Å². The highest BCUT2D eigenvalue weighted by molar-refractivity contribution is 7.92. The Kier molecular flexibility index (Phi) is 7.09. The third kappa shape index (κ3) is 5.92. The van der Waals surface area contributed by atoms with Gasteiger partial charge in [0.25, 0.3) is 5.91 Å². The van der Waals surface area contributed by atoms with Crippen molar-refractivity contribution in [2.24, 2.45) is 0 Å². The average molecular weight is 515 g/mol. The molecule has 1 aliphatic heterocycles. The number of anilines is 2. The summed E-state index contributed by atoms with van der Waals surface area (Å²) in [5, 5.41) is 2.82. The maximum Gasteiger partial charge on any atom is 0.267 e. The molecule has 0 unspecified atom stereocenters. The number of amides is 1. The third-order valence-corrected chi connectivity index (χ3v) is 7.64. The Morgan fingerprint density at radius 3 is 2.16 bits per heavy atom. The molecule has 188 valence electrons. The first-order valence-electron chi connectivity index (χ1n) is 11.9. The molecule has 0 fully saturated rings. The molecule has 4 aromatic rings. The number of hydrogen-bond acceptors (Lipinski definition) is 5. The first kappa shape index (κ1) is 24.4. The smallest absolute Gasteiger partial charge is 0.267 e. The van der Waals surface area contributed by atoms with E-state index in [0.29, 0.717) is 35.0 Å². The number of rotatable bonds is 8. The molecule has 1 N–H and O–H groups in total. The lowest BCUT2D eigenvalue weighted by atomic mass is 10.2. The van der Waals surface area contributed by atoms with Gasteiger partial charge < -0.3 is 14.8 Å². The molecule has 5 rings (SSSR count). The van der Waals surface area contributed by atoms with E-state index in [1.807, 2.05) is 36.4 Å². The molecule has 1 heterocycles. The molecule has 0 radical (unpaired) electrons. The van der Waals surface area contributed by atoms with Gasteiger partial charge in [0.15, 0.2) is 6.10 Å². The van der Waals surface area contributed by atoms with Gasteiger partial charge >= 0.3 is 0 Å². The van der Waals surface area contributed by atoms with Gasteiger partial charge in [-0.1, -0.05) is 72.8 Å². The van der Waals surface area contributed by atoms with Gasteiger partial charge in [0.1, 0.15) is 18.1 Å². The van der Waals surface area contributed by atoms with E-state index in [1.54, 1.807) is 72.8 Å². The summed E-state index contributed by atoms with van der Waals surface area (Å²) in [5.74, 6) is 0.395. The molecular weight excluding hydrogens is 488 g/mol. The number of hydrogen-bond donors (Lipinski definition) is 1. The lowest BCUT2D eigenvalue weighted by molar-refractivity contribution is -0.122. The maximum atomic E-state index is 13.4. The van der Waals surface area contributed by atoms with E-state index in [0.717, 1.165) is 5.56 Å². The van der Waals surface area contributed by atoms with Crippen molar-refractivity contribution in [3.8, 4) is 11.5 Å². The normalized spacial score (nSPS) is 14.8. The van der Waals surface area contributed by atoms with E-state index in [2.05, 4.69) is 5.32 Å². The van der Waals surface area contributed by atoms with Crippen molar-refractivity contribution in [1.29, 1.82) is 0 Å². The van der Waals surface area contributed by atoms with Gasteiger partial charge in [0.2, 0.25) is 10.0 Å². The molecule has 0 spiro atoms. The van der Waals surface area contributed by atoms with Crippen molar-refractivity contribution in [3.63, 3.8) is 0 Å². The van der Waals surface area contributed by atoms with Crippen LogP contribution in [0.1, 0.15) is 11.1 Å². The summed E-state index contributed by atoms with van der Waals surface area (Å²) in [5.41, 5.74) is 2.70. The Bertz CT molecular complexity index is 1460. The van der Waals surface area contributed by atoms with Crippen molar-refractivity contribution >= 4 is 27.3 Å². The summed E-state index contributed by atoms with van der Waals surface area (Å²) in [6, 6.07) is 32.6. The lowest BCUT2D eigenvalue weighted by Gasteiger charge is -2.34. The minimum absolute atomic E-state index is 0.129. The predicted octanol–water partition coefficient (Wildman–Crippen LogP) is 5.00. The number of benzene rings is 4. The van der Waals surface area contributed by atoms with Crippen molar-refractivity contribution in [1.82, 2.24) is 0 Å². The Morgan fingerprint density at radius 2 is 1.46 bits per heavy atom. The second-order valence-corrected chi connectivity index (χ2v) is 10.5. The van der Waals surface area contributed by atoms with Crippen LogP contribution in [0.3, 0.4) is 0 Å². The zero-order chi connectivity index (χ0) is 25.7. The van der Waals surface area contributed by atoms with E-state index in [-0.39, 0.29) is 12.3 Å². The van der Waals surface area contributed by atoms with Gasteiger partial charge in [-0.05, 0) is 47.5 Å². The van der Waals surface area contributed by atoms with E-state index >= 15 is 0 Å². The Balaban J connectivity index is 1.27. The van der Waals surface area contributed by atoms with Crippen LogP contribution in [-0.2, 0) is 27.2 Å². The zero-order valence-corrected chi connectivity index (χ0v) is 20.8. The number of ether oxygens (including phenoxy) is 2. The molecule has 37 heavy (non-hydrogen) atoms. The number of carbonyl (C=O) groups is 1. The van der Waals surface area contributed by atoms with Gasteiger partial charge in [-0.3, -0.25) is 9.10 Å². The first-order chi connectivity index (χ1) is 18.0. The molecule has 0 saturated heterocycles. The average Bonchev–Trinajstić information content (AvgIpc) is 2.93. The fourth-order valence-electron chi connectivity index (χ4n) is 4.06. The summed E-state index contributed by atoms with van der Waals surface area (Å²) >= 11 is 0. The zero-order valence-electron chi connectivity index (χ0n) is 20.0. The van der Waals surface area contributed by atoms with Crippen LogP contribution in [0.4, 0.5) is 11.4 Å². The number of nitrogens with one attached hydrogen (secondary N) is 1. The fourth-order valence-corrected chi connectivity index (χ4v) is 5.65. The van der Waals surface area contributed by atoms with Crippen molar-refractivity contribution in [2.45, 2.75) is 18.5 Å². The summed E-state index contributed by atoms with van der Waals surface area (Å²) in [6.07, 6.45) is -1.02.